The number of nitrogens with zero attached hydrogens (tertiary/aromatic N) is 1. The highest BCUT2D eigenvalue weighted by Gasteiger charge is 2.33. The van der Waals surface area contributed by atoms with Gasteiger partial charge in [0.05, 0.1) is 35.6 Å². The van der Waals surface area contributed by atoms with Gasteiger partial charge < -0.3 is 15.2 Å². The number of carbonyl (C=O) groups is 1. The van der Waals surface area contributed by atoms with Gasteiger partial charge in [0.25, 0.3) is 0 Å². The number of hydrogen-bond donors (Lipinski definition) is 2. The molecule has 2 rings (SSSR count). The summed E-state index contributed by atoms with van der Waals surface area (Å²) in [6, 6.07) is 4.33. The monoisotopic (exact) mass is 374 g/mol. The van der Waals surface area contributed by atoms with E-state index in [9.17, 15) is 18.0 Å². The van der Waals surface area contributed by atoms with E-state index in [2.05, 4.69) is 10.3 Å². The molecule has 0 radical (unpaired) electrons. The lowest BCUT2D eigenvalue weighted by molar-refractivity contribution is -0.141. The lowest BCUT2D eigenvalue weighted by atomic mass is 10.1. The predicted molar refractivity (Wildman–Crippen MR) is 86.2 cm³/mol. The van der Waals surface area contributed by atoms with Crippen molar-refractivity contribution in [1.82, 2.24) is 4.98 Å². The molecule has 1 aromatic heterocycles. The quantitative estimate of drug-likeness (QED) is 0.798. The zero-order valence-electron chi connectivity index (χ0n) is 13.2. The molecule has 2 aromatic rings. The van der Waals surface area contributed by atoms with Crippen LogP contribution in [0, 0.1) is 0 Å². The maximum atomic E-state index is 12.9. The Morgan fingerprint density at radius 2 is 2.04 bits per heavy atom. The van der Waals surface area contributed by atoms with Gasteiger partial charge in [0, 0.05) is 5.56 Å². The third-order valence-electron chi connectivity index (χ3n) is 3.46. The van der Waals surface area contributed by atoms with E-state index >= 15 is 0 Å². The van der Waals surface area contributed by atoms with Gasteiger partial charge in [-0.05, 0) is 31.2 Å². The van der Waals surface area contributed by atoms with Crippen molar-refractivity contribution in [3.05, 3.63) is 52.3 Å². The number of nitrogens with one attached hydrogen (secondary N) is 1. The standard InChI is InChI=1S/C16H14ClF3N2O3/c1-8(22-12-4-3-9(15(23)24)5-11(12)17)10-6-14(16(18,19)20)21-7-13(10)25-2/h3-8,22H,1-2H3,(H,23,24)/t8-/m0/s1. The molecule has 0 saturated carbocycles. The maximum Gasteiger partial charge on any atom is 0.433 e. The first-order valence-electron chi connectivity index (χ1n) is 7.04. The van der Waals surface area contributed by atoms with Gasteiger partial charge in [0.15, 0.2) is 0 Å². The summed E-state index contributed by atoms with van der Waals surface area (Å²) in [6.45, 7) is 1.62. The van der Waals surface area contributed by atoms with E-state index in [1.165, 1.54) is 25.3 Å². The third kappa shape index (κ3) is 4.33. The number of carboxylic acids is 1. The highest BCUT2D eigenvalue weighted by molar-refractivity contribution is 6.33. The van der Waals surface area contributed by atoms with E-state index < -0.39 is 23.9 Å². The van der Waals surface area contributed by atoms with Crippen LogP contribution < -0.4 is 10.1 Å². The summed E-state index contributed by atoms with van der Waals surface area (Å²) in [6.07, 6.45) is -3.58. The number of pyridine rings is 1. The van der Waals surface area contributed by atoms with Gasteiger partial charge in [-0.25, -0.2) is 9.78 Å². The van der Waals surface area contributed by atoms with Crippen molar-refractivity contribution in [2.45, 2.75) is 19.1 Å². The van der Waals surface area contributed by atoms with Crippen molar-refractivity contribution in [2.24, 2.45) is 0 Å². The van der Waals surface area contributed by atoms with Crippen LogP contribution in [0.1, 0.15) is 34.6 Å². The van der Waals surface area contributed by atoms with Gasteiger partial charge in [0.2, 0.25) is 0 Å². The Hall–Kier alpha value is -2.48. The predicted octanol–water partition coefficient (Wildman–Crippen LogP) is 4.63. The second-order valence-electron chi connectivity index (χ2n) is 5.18. The van der Waals surface area contributed by atoms with E-state index in [-0.39, 0.29) is 21.9 Å². The van der Waals surface area contributed by atoms with Crippen LogP contribution in [0.25, 0.3) is 0 Å². The minimum absolute atomic E-state index is 0.00375. The molecule has 0 saturated heterocycles. The van der Waals surface area contributed by atoms with Crippen LogP contribution in [0.15, 0.2) is 30.5 Å². The molecular formula is C16H14ClF3N2O3. The largest absolute Gasteiger partial charge is 0.495 e. The number of ether oxygens (including phenoxy) is 1. The molecule has 2 N–H and O–H groups in total. The van der Waals surface area contributed by atoms with E-state index in [0.29, 0.717) is 5.69 Å². The molecule has 0 aliphatic heterocycles. The smallest absolute Gasteiger partial charge is 0.433 e. The Balaban J connectivity index is 2.34. The average Bonchev–Trinajstić information content (AvgIpc) is 2.54. The zero-order chi connectivity index (χ0) is 18.8. The van der Waals surface area contributed by atoms with Crippen LogP contribution in [-0.4, -0.2) is 23.2 Å². The number of carboxylic acid groups (broad SMARTS) is 1. The fourth-order valence-corrected chi connectivity index (χ4v) is 2.43. The van der Waals surface area contributed by atoms with E-state index in [0.717, 1.165) is 12.3 Å². The van der Waals surface area contributed by atoms with Gasteiger partial charge >= 0.3 is 12.1 Å². The molecule has 25 heavy (non-hydrogen) atoms. The minimum Gasteiger partial charge on any atom is -0.495 e. The van der Waals surface area contributed by atoms with Gasteiger partial charge in [-0.2, -0.15) is 13.2 Å². The summed E-state index contributed by atoms with van der Waals surface area (Å²) >= 11 is 6.03. The molecule has 0 bridgehead atoms. The summed E-state index contributed by atoms with van der Waals surface area (Å²) in [5.74, 6) is -0.946. The first-order chi connectivity index (χ1) is 11.6. The number of aromatic carboxylic acids is 1. The van der Waals surface area contributed by atoms with E-state index in [1.54, 1.807) is 6.92 Å². The molecule has 0 spiro atoms. The van der Waals surface area contributed by atoms with Gasteiger partial charge in [-0.15, -0.1) is 0 Å². The minimum atomic E-state index is -4.58. The van der Waals surface area contributed by atoms with Crippen LogP contribution in [-0.2, 0) is 6.18 Å². The number of hydrogen-bond acceptors (Lipinski definition) is 4. The number of halogens is 4. The summed E-state index contributed by atoms with van der Waals surface area (Å²) < 4.78 is 43.7. The molecule has 1 atom stereocenters. The number of aromatic nitrogens is 1. The molecule has 134 valence electrons. The molecule has 0 aliphatic rings. The Kier molecular flexibility index (Phi) is 5.42. The molecule has 0 fully saturated rings. The molecule has 5 nitrogen and oxygen atoms in total. The van der Waals surface area contributed by atoms with Crippen LogP contribution in [0.2, 0.25) is 5.02 Å². The summed E-state index contributed by atoms with van der Waals surface area (Å²) in [5.41, 5.74) is -0.414. The summed E-state index contributed by atoms with van der Waals surface area (Å²) in [4.78, 5) is 14.3. The lowest BCUT2D eigenvalue weighted by Crippen LogP contribution is -2.13. The molecule has 1 aromatic carbocycles. The molecule has 9 heteroatoms. The van der Waals surface area contributed by atoms with Crippen molar-refractivity contribution in [1.29, 1.82) is 0 Å². The number of methoxy groups -OCH3 is 1. The van der Waals surface area contributed by atoms with Crippen molar-refractivity contribution in [3.63, 3.8) is 0 Å². The van der Waals surface area contributed by atoms with E-state index in [1.807, 2.05) is 0 Å². The number of rotatable bonds is 5. The topological polar surface area (TPSA) is 71.5 Å². The Bertz CT molecular complexity index is 797. The first-order valence-corrected chi connectivity index (χ1v) is 7.41. The van der Waals surface area contributed by atoms with Gasteiger partial charge in [-0.1, -0.05) is 11.6 Å². The van der Waals surface area contributed by atoms with Crippen molar-refractivity contribution in [3.8, 4) is 5.75 Å². The van der Waals surface area contributed by atoms with Gasteiger partial charge in [0.1, 0.15) is 11.4 Å². The first kappa shape index (κ1) is 18.9. The molecular weight excluding hydrogens is 361 g/mol. The van der Waals surface area contributed by atoms with Crippen molar-refractivity contribution in [2.75, 3.05) is 12.4 Å². The second kappa shape index (κ2) is 7.18. The fourth-order valence-electron chi connectivity index (χ4n) is 2.20. The van der Waals surface area contributed by atoms with Crippen molar-refractivity contribution < 1.29 is 27.8 Å². The SMILES string of the molecule is COc1cnc(C(F)(F)F)cc1[C@H](C)Nc1ccc(C(=O)O)cc1Cl. The number of alkyl halides is 3. The molecule has 0 aliphatic carbocycles. The molecule has 1 heterocycles. The molecule has 0 amide bonds. The van der Waals surface area contributed by atoms with Crippen LogP contribution >= 0.6 is 11.6 Å². The zero-order valence-corrected chi connectivity index (χ0v) is 13.9. The Morgan fingerprint density at radius 1 is 1.36 bits per heavy atom. The van der Waals surface area contributed by atoms with Crippen LogP contribution in [0.4, 0.5) is 18.9 Å². The number of benzene rings is 1. The van der Waals surface area contributed by atoms with Crippen molar-refractivity contribution >= 4 is 23.3 Å². The Labute approximate surface area is 146 Å². The summed E-state index contributed by atoms with van der Waals surface area (Å²) in [7, 11) is 1.33. The maximum absolute atomic E-state index is 12.9. The lowest BCUT2D eigenvalue weighted by Gasteiger charge is -2.20. The average molecular weight is 375 g/mol. The molecule has 0 unspecified atom stereocenters. The van der Waals surface area contributed by atoms with Crippen LogP contribution in [0.3, 0.4) is 0 Å². The number of anilines is 1. The van der Waals surface area contributed by atoms with Gasteiger partial charge in [-0.3, -0.25) is 0 Å². The fraction of sp³-hybridized carbons (Fsp3) is 0.250. The third-order valence-corrected chi connectivity index (χ3v) is 3.78. The highest BCUT2D eigenvalue weighted by atomic mass is 35.5. The summed E-state index contributed by atoms with van der Waals surface area (Å²) in [5, 5.41) is 12.0. The van der Waals surface area contributed by atoms with Crippen LogP contribution in [0.5, 0.6) is 5.75 Å². The van der Waals surface area contributed by atoms with E-state index in [4.69, 9.17) is 21.4 Å². The Morgan fingerprint density at radius 3 is 2.56 bits per heavy atom. The second-order valence-corrected chi connectivity index (χ2v) is 5.58. The normalized spacial score (nSPS) is 12.6. The highest BCUT2D eigenvalue weighted by Crippen LogP contribution is 2.35.